The van der Waals surface area contributed by atoms with Crippen LogP contribution in [0, 0.1) is 5.92 Å². The van der Waals surface area contributed by atoms with Gasteiger partial charge in [0.2, 0.25) is 0 Å². The topological polar surface area (TPSA) is 12.0 Å². The van der Waals surface area contributed by atoms with E-state index in [0.717, 1.165) is 18.0 Å². The van der Waals surface area contributed by atoms with Crippen molar-refractivity contribution < 1.29 is 0 Å². The smallest absolute Gasteiger partial charge is 0.0408 e. The van der Waals surface area contributed by atoms with Crippen LogP contribution in [0.4, 0.5) is 0 Å². The van der Waals surface area contributed by atoms with Gasteiger partial charge in [-0.05, 0) is 43.0 Å². The van der Waals surface area contributed by atoms with Crippen LogP contribution in [-0.4, -0.2) is 12.6 Å². The highest BCUT2D eigenvalue weighted by atomic mass is 35.5. The predicted octanol–water partition coefficient (Wildman–Crippen LogP) is 4.30. The molecule has 0 aliphatic carbocycles. The van der Waals surface area contributed by atoms with Crippen molar-refractivity contribution in [1.29, 1.82) is 0 Å². The fraction of sp³-hybridized carbons (Fsp3) is 0.600. The molecule has 17 heavy (non-hydrogen) atoms. The summed E-state index contributed by atoms with van der Waals surface area (Å²) in [5.74, 6) is 0.709. The molecule has 0 aliphatic rings. The van der Waals surface area contributed by atoms with Gasteiger partial charge in [0.25, 0.3) is 0 Å². The molecule has 2 heteroatoms. The molecule has 1 N–H and O–H groups in total. The molecule has 1 rings (SSSR count). The summed E-state index contributed by atoms with van der Waals surface area (Å²) in [6, 6.07) is 8.79. The van der Waals surface area contributed by atoms with Crippen molar-refractivity contribution in [3.63, 3.8) is 0 Å². The molecule has 1 nitrogen and oxygen atoms in total. The largest absolute Gasteiger partial charge is 0.314 e. The van der Waals surface area contributed by atoms with Gasteiger partial charge in [-0.2, -0.15) is 0 Å². The summed E-state index contributed by atoms with van der Waals surface area (Å²) >= 11 is 6.02. The van der Waals surface area contributed by atoms with Crippen LogP contribution < -0.4 is 5.32 Å². The molecular formula is C15H24ClN. The lowest BCUT2D eigenvalue weighted by Crippen LogP contribution is -2.29. The summed E-state index contributed by atoms with van der Waals surface area (Å²) in [6.45, 7) is 7.74. The minimum absolute atomic E-state index is 0.564. The van der Waals surface area contributed by atoms with Gasteiger partial charge in [0.15, 0.2) is 0 Å². The normalized spacial score (nSPS) is 13.0. The molecule has 1 unspecified atom stereocenters. The molecule has 96 valence electrons. The fourth-order valence-corrected chi connectivity index (χ4v) is 2.30. The van der Waals surface area contributed by atoms with Gasteiger partial charge in [-0.15, -0.1) is 0 Å². The summed E-state index contributed by atoms with van der Waals surface area (Å²) in [5, 5.41) is 4.37. The standard InChI is InChI=1S/C15H24ClN/c1-4-6-14(11-17-12(2)3)9-13-7-5-8-15(16)10-13/h5,7-8,10,12,14,17H,4,6,9,11H2,1-3H3. The number of hydrogen-bond donors (Lipinski definition) is 1. The van der Waals surface area contributed by atoms with Gasteiger partial charge in [0.1, 0.15) is 0 Å². The van der Waals surface area contributed by atoms with Crippen LogP contribution in [0.2, 0.25) is 5.02 Å². The fourth-order valence-electron chi connectivity index (χ4n) is 2.08. The molecule has 0 saturated heterocycles. The van der Waals surface area contributed by atoms with Gasteiger partial charge < -0.3 is 5.32 Å². The van der Waals surface area contributed by atoms with E-state index in [-0.39, 0.29) is 0 Å². The van der Waals surface area contributed by atoms with Gasteiger partial charge in [-0.1, -0.05) is 50.9 Å². The zero-order valence-corrected chi connectivity index (χ0v) is 11.9. The Morgan fingerprint density at radius 3 is 2.65 bits per heavy atom. The second-order valence-corrected chi connectivity index (χ2v) is 5.49. The lowest BCUT2D eigenvalue weighted by molar-refractivity contribution is 0.418. The first-order valence-electron chi connectivity index (χ1n) is 6.59. The predicted molar refractivity (Wildman–Crippen MR) is 76.7 cm³/mol. The molecule has 1 aromatic carbocycles. The molecule has 0 aromatic heterocycles. The van der Waals surface area contributed by atoms with Crippen molar-refractivity contribution in [2.75, 3.05) is 6.54 Å². The minimum Gasteiger partial charge on any atom is -0.314 e. The van der Waals surface area contributed by atoms with Crippen LogP contribution in [0.25, 0.3) is 0 Å². The quantitative estimate of drug-likeness (QED) is 0.764. The molecule has 0 radical (unpaired) electrons. The van der Waals surface area contributed by atoms with Crippen LogP contribution in [-0.2, 0) is 6.42 Å². The number of rotatable bonds is 7. The van der Waals surface area contributed by atoms with Crippen molar-refractivity contribution >= 4 is 11.6 Å². The first kappa shape index (κ1) is 14.5. The Morgan fingerprint density at radius 2 is 2.06 bits per heavy atom. The molecule has 0 heterocycles. The monoisotopic (exact) mass is 253 g/mol. The number of halogens is 1. The summed E-state index contributed by atoms with van der Waals surface area (Å²) in [5.41, 5.74) is 1.35. The van der Waals surface area contributed by atoms with E-state index in [9.17, 15) is 0 Å². The highest BCUT2D eigenvalue weighted by Gasteiger charge is 2.09. The maximum atomic E-state index is 6.02. The zero-order chi connectivity index (χ0) is 12.7. The molecule has 0 saturated carbocycles. The number of benzene rings is 1. The van der Waals surface area contributed by atoms with E-state index in [2.05, 4.69) is 38.2 Å². The van der Waals surface area contributed by atoms with E-state index in [0.29, 0.717) is 12.0 Å². The van der Waals surface area contributed by atoms with Crippen molar-refractivity contribution in [3.05, 3.63) is 34.9 Å². The van der Waals surface area contributed by atoms with Crippen LogP contribution >= 0.6 is 11.6 Å². The SMILES string of the molecule is CCCC(CNC(C)C)Cc1cccc(Cl)c1. The van der Waals surface area contributed by atoms with Crippen LogP contribution in [0.5, 0.6) is 0 Å². The summed E-state index contributed by atoms with van der Waals surface area (Å²) in [7, 11) is 0. The van der Waals surface area contributed by atoms with Crippen LogP contribution in [0.3, 0.4) is 0 Å². The van der Waals surface area contributed by atoms with Crippen molar-refractivity contribution in [2.45, 2.75) is 46.1 Å². The Hall–Kier alpha value is -0.530. The van der Waals surface area contributed by atoms with Gasteiger partial charge >= 0.3 is 0 Å². The van der Waals surface area contributed by atoms with Crippen LogP contribution in [0.1, 0.15) is 39.2 Å². The van der Waals surface area contributed by atoms with Crippen molar-refractivity contribution in [3.8, 4) is 0 Å². The molecule has 0 amide bonds. The van der Waals surface area contributed by atoms with Gasteiger partial charge in [0, 0.05) is 11.1 Å². The Kier molecular flexibility index (Phi) is 6.61. The van der Waals surface area contributed by atoms with Gasteiger partial charge in [0.05, 0.1) is 0 Å². The lowest BCUT2D eigenvalue weighted by atomic mass is 9.95. The van der Waals surface area contributed by atoms with E-state index < -0.39 is 0 Å². The number of nitrogens with one attached hydrogen (secondary N) is 1. The van der Waals surface area contributed by atoms with E-state index in [4.69, 9.17) is 11.6 Å². The number of hydrogen-bond acceptors (Lipinski definition) is 1. The third-order valence-corrected chi connectivity index (χ3v) is 3.16. The first-order chi connectivity index (χ1) is 8.11. The molecule has 0 fully saturated rings. The maximum Gasteiger partial charge on any atom is 0.0408 e. The molecule has 0 aliphatic heterocycles. The van der Waals surface area contributed by atoms with Crippen molar-refractivity contribution in [1.82, 2.24) is 5.32 Å². The van der Waals surface area contributed by atoms with E-state index in [1.165, 1.54) is 18.4 Å². The maximum absolute atomic E-state index is 6.02. The van der Waals surface area contributed by atoms with Crippen molar-refractivity contribution in [2.24, 2.45) is 5.92 Å². The average Bonchev–Trinajstić information content (AvgIpc) is 2.26. The minimum atomic E-state index is 0.564. The summed E-state index contributed by atoms with van der Waals surface area (Å²) in [6.07, 6.45) is 3.63. The molecule has 0 bridgehead atoms. The Labute approximate surface area is 111 Å². The summed E-state index contributed by atoms with van der Waals surface area (Å²) < 4.78 is 0. The zero-order valence-electron chi connectivity index (χ0n) is 11.2. The summed E-state index contributed by atoms with van der Waals surface area (Å²) in [4.78, 5) is 0. The van der Waals surface area contributed by atoms with E-state index in [1.54, 1.807) is 0 Å². The molecule has 0 spiro atoms. The second-order valence-electron chi connectivity index (χ2n) is 5.05. The molecular weight excluding hydrogens is 230 g/mol. The first-order valence-corrected chi connectivity index (χ1v) is 6.97. The second kappa shape index (κ2) is 7.73. The highest BCUT2D eigenvalue weighted by molar-refractivity contribution is 6.30. The Morgan fingerprint density at radius 1 is 1.29 bits per heavy atom. The third kappa shape index (κ3) is 6.09. The van der Waals surface area contributed by atoms with E-state index in [1.807, 2.05) is 12.1 Å². The third-order valence-electron chi connectivity index (χ3n) is 2.93. The Bertz CT molecular complexity index is 322. The van der Waals surface area contributed by atoms with Crippen LogP contribution in [0.15, 0.2) is 24.3 Å². The molecule has 1 atom stereocenters. The lowest BCUT2D eigenvalue weighted by Gasteiger charge is -2.19. The highest BCUT2D eigenvalue weighted by Crippen LogP contribution is 2.17. The molecule has 1 aromatic rings. The van der Waals surface area contributed by atoms with Gasteiger partial charge in [-0.3, -0.25) is 0 Å². The average molecular weight is 254 g/mol. The van der Waals surface area contributed by atoms with Gasteiger partial charge in [-0.25, -0.2) is 0 Å². The van der Waals surface area contributed by atoms with E-state index >= 15 is 0 Å². The Balaban J connectivity index is 2.53.